The fourth-order valence-corrected chi connectivity index (χ4v) is 11.3. The van der Waals surface area contributed by atoms with Gasteiger partial charge in [-0.25, -0.2) is 17.6 Å². The number of halogens is 5. The molecule has 4 atom stereocenters. The number of benzene rings is 2. The van der Waals surface area contributed by atoms with Crippen LogP contribution in [0.25, 0.3) is 5.03 Å². The fraction of sp³-hybridized carbons (Fsp3) is 0.500. The van der Waals surface area contributed by atoms with Crippen molar-refractivity contribution in [1.82, 2.24) is 21.3 Å². The van der Waals surface area contributed by atoms with Crippen molar-refractivity contribution in [2.45, 2.75) is 140 Å². The molecule has 0 bridgehead atoms. The van der Waals surface area contributed by atoms with Crippen LogP contribution in [0.3, 0.4) is 0 Å². The number of carbonyl (C=O) groups excluding carboxylic acids is 2. The molecule has 0 unspecified atom stereocenters. The van der Waals surface area contributed by atoms with E-state index in [9.17, 15) is 37.4 Å². The topological polar surface area (TPSA) is 123 Å². The molecule has 63 heavy (non-hydrogen) atoms. The molecular weight excluding hydrogens is 872 g/mol. The van der Waals surface area contributed by atoms with Crippen molar-refractivity contribution in [3.05, 3.63) is 121 Å². The lowest BCUT2D eigenvalue weighted by Gasteiger charge is -2.39. The van der Waals surface area contributed by atoms with Crippen LogP contribution in [0.1, 0.15) is 116 Å². The van der Waals surface area contributed by atoms with Crippen molar-refractivity contribution in [2.24, 2.45) is 0 Å². The second kappa shape index (κ2) is 23.5. The van der Waals surface area contributed by atoms with E-state index in [0.29, 0.717) is 16.2 Å². The lowest BCUT2D eigenvalue weighted by Crippen LogP contribution is -2.52. The van der Waals surface area contributed by atoms with E-state index < -0.39 is 47.6 Å². The Hall–Kier alpha value is -3.63. The number of aryl methyl sites for hydroxylation is 1. The van der Waals surface area contributed by atoms with Crippen molar-refractivity contribution in [1.29, 1.82) is 0 Å². The van der Waals surface area contributed by atoms with E-state index >= 15 is 0 Å². The van der Waals surface area contributed by atoms with Gasteiger partial charge in [0.1, 0.15) is 23.3 Å². The second-order valence-corrected chi connectivity index (χ2v) is 19.7. The number of carbonyl (C=O) groups is 2. The minimum absolute atomic E-state index is 0.110. The van der Waals surface area contributed by atoms with E-state index in [-0.39, 0.29) is 48.8 Å². The summed E-state index contributed by atoms with van der Waals surface area (Å²) in [4.78, 5) is 28.1. The maximum absolute atomic E-state index is 13.6. The van der Waals surface area contributed by atoms with Gasteiger partial charge in [0, 0.05) is 58.6 Å². The van der Waals surface area contributed by atoms with Gasteiger partial charge < -0.3 is 31.5 Å². The minimum Gasteiger partial charge on any atom is -0.390 e. The summed E-state index contributed by atoms with van der Waals surface area (Å²) >= 11 is 9.49. The predicted molar refractivity (Wildman–Crippen MR) is 246 cm³/mol. The zero-order valence-corrected chi connectivity index (χ0v) is 38.7. The number of thiophene rings is 2. The van der Waals surface area contributed by atoms with Crippen LogP contribution in [0.15, 0.2) is 67.2 Å². The highest BCUT2D eigenvalue weighted by molar-refractivity contribution is 7.14. The molecule has 2 amide bonds. The summed E-state index contributed by atoms with van der Waals surface area (Å²) in [6.45, 7) is 9.18. The summed E-state index contributed by atoms with van der Waals surface area (Å²) in [6, 6.07) is 13.5. The average molecular weight is 934 g/mol. The molecule has 4 aromatic rings. The van der Waals surface area contributed by atoms with Crippen molar-refractivity contribution in [2.75, 3.05) is 13.1 Å². The van der Waals surface area contributed by atoms with Crippen LogP contribution in [0.2, 0.25) is 0 Å². The van der Waals surface area contributed by atoms with E-state index in [2.05, 4.69) is 53.0 Å². The summed E-state index contributed by atoms with van der Waals surface area (Å²) in [6.07, 6.45) is 10.00. The van der Waals surface area contributed by atoms with E-state index in [1.807, 2.05) is 17.4 Å². The third kappa shape index (κ3) is 14.7. The first kappa shape index (κ1) is 50.4. The van der Waals surface area contributed by atoms with Crippen LogP contribution in [0.5, 0.6) is 0 Å². The van der Waals surface area contributed by atoms with Crippen LogP contribution in [-0.2, 0) is 39.9 Å². The van der Waals surface area contributed by atoms with E-state index in [4.69, 9.17) is 11.6 Å². The van der Waals surface area contributed by atoms with Gasteiger partial charge in [-0.1, -0.05) is 63.6 Å². The molecule has 2 aliphatic rings. The summed E-state index contributed by atoms with van der Waals surface area (Å²) in [5.74, 6) is -3.33. The van der Waals surface area contributed by atoms with Crippen LogP contribution in [0, 0.1) is 23.3 Å². The molecule has 2 heterocycles. The number of nitrogens with one attached hydrogen (secondary N) is 4. The Kier molecular flexibility index (Phi) is 18.8. The largest absolute Gasteiger partial charge is 0.390 e. The van der Waals surface area contributed by atoms with Gasteiger partial charge in [-0.3, -0.25) is 9.59 Å². The monoisotopic (exact) mass is 932 g/mol. The molecule has 2 aromatic carbocycles. The van der Waals surface area contributed by atoms with Gasteiger partial charge in [0.05, 0.1) is 40.4 Å². The SMILES string of the molecule is C=C(Cl)c1ccc(C2(NC[C@@H](O)[C@H](Cc3cc(F)cc(F)c3)NC(C)=O)CCCCC2)s1.CCc1ccc(C2(NC[C@@H](O)[C@H](Cc3cc(F)cc(F)c3)NC(C)=O)CCCCC2)s1. The predicted octanol–water partition coefficient (Wildman–Crippen LogP) is 9.54. The van der Waals surface area contributed by atoms with Gasteiger partial charge >= 0.3 is 0 Å². The standard InChI is InChI=1S/C24H29ClF2N2O2S.C24H32F2N2O2S/c1-15(25)22-6-7-23(32-22)24(8-4-3-5-9-24)28-14-21(31)20(29-16(2)30)12-17-10-18(26)13-19(27)11-17;1-3-20-7-8-23(31-20)24(9-5-4-6-10-24)27-15-22(30)21(28-16(2)29)13-17-11-18(25)14-19(26)12-17/h6-7,10-11,13,20-21,28,31H,1,3-5,8-9,12,14H2,2H3,(H,29,30);7-8,11-12,14,21-22,27,30H,3-6,9-10,13,15H2,1-2H3,(H,28,29)/t20-,21+;21-,22+/m00/s1. The van der Waals surface area contributed by atoms with Gasteiger partial charge in [-0.05, 0) is 105 Å². The maximum atomic E-state index is 13.6. The Labute approximate surface area is 381 Å². The maximum Gasteiger partial charge on any atom is 0.217 e. The number of hydrogen-bond acceptors (Lipinski definition) is 8. The summed E-state index contributed by atoms with van der Waals surface area (Å²) in [5, 5.41) is 35.0. The van der Waals surface area contributed by atoms with Crippen LogP contribution < -0.4 is 21.3 Å². The highest BCUT2D eigenvalue weighted by Gasteiger charge is 2.38. The number of aliphatic hydroxyl groups excluding tert-OH is 2. The van der Waals surface area contributed by atoms with Gasteiger partial charge in [0.15, 0.2) is 0 Å². The molecule has 0 radical (unpaired) electrons. The molecule has 344 valence electrons. The molecule has 15 heteroatoms. The normalized spacial score (nSPS) is 17.7. The summed E-state index contributed by atoms with van der Waals surface area (Å²) in [7, 11) is 0. The molecule has 8 nitrogen and oxygen atoms in total. The zero-order chi connectivity index (χ0) is 45.7. The van der Waals surface area contributed by atoms with Crippen LogP contribution >= 0.6 is 34.3 Å². The van der Waals surface area contributed by atoms with Gasteiger partial charge in [-0.2, -0.15) is 0 Å². The fourth-order valence-electron chi connectivity index (χ4n) is 8.84. The van der Waals surface area contributed by atoms with Crippen molar-refractivity contribution in [3.8, 4) is 0 Å². The third-order valence-electron chi connectivity index (χ3n) is 12.0. The summed E-state index contributed by atoms with van der Waals surface area (Å²) in [5.41, 5.74) is 0.299. The smallest absolute Gasteiger partial charge is 0.217 e. The Morgan fingerprint density at radius 3 is 1.41 bits per heavy atom. The molecule has 2 aliphatic carbocycles. The first-order valence-electron chi connectivity index (χ1n) is 21.8. The Balaban J connectivity index is 0.000000238. The van der Waals surface area contributed by atoms with E-state index in [1.54, 1.807) is 11.3 Å². The van der Waals surface area contributed by atoms with Crippen molar-refractivity contribution in [3.63, 3.8) is 0 Å². The molecular formula is C48H61ClF4N4O4S2. The first-order valence-corrected chi connectivity index (χ1v) is 23.9. The van der Waals surface area contributed by atoms with Gasteiger partial charge in [0.2, 0.25) is 11.8 Å². The number of hydrogen-bond donors (Lipinski definition) is 6. The lowest BCUT2D eigenvalue weighted by atomic mass is 9.80. The first-order chi connectivity index (χ1) is 30.0. The minimum atomic E-state index is -0.952. The number of rotatable bonds is 18. The number of aliphatic hydroxyl groups is 2. The van der Waals surface area contributed by atoms with E-state index in [0.717, 1.165) is 86.1 Å². The van der Waals surface area contributed by atoms with E-state index in [1.165, 1.54) is 54.3 Å². The molecule has 6 N–H and O–H groups in total. The van der Waals surface area contributed by atoms with Crippen LogP contribution in [-0.4, -0.2) is 59.4 Å². The Bertz CT molecular complexity index is 2100. The highest BCUT2D eigenvalue weighted by atomic mass is 35.5. The number of amides is 2. The molecule has 0 saturated heterocycles. The zero-order valence-electron chi connectivity index (χ0n) is 36.3. The molecule has 6 rings (SSSR count). The third-order valence-corrected chi connectivity index (χ3v) is 15.1. The molecule has 2 fully saturated rings. The molecule has 2 aromatic heterocycles. The molecule has 0 spiro atoms. The molecule has 0 aliphatic heterocycles. The molecule has 2 saturated carbocycles. The average Bonchev–Trinajstić information content (AvgIpc) is 3.94. The van der Waals surface area contributed by atoms with Gasteiger partial charge in [0.25, 0.3) is 0 Å². The second-order valence-electron chi connectivity index (χ2n) is 16.9. The van der Waals surface area contributed by atoms with Crippen molar-refractivity contribution < 1.29 is 37.4 Å². The summed E-state index contributed by atoms with van der Waals surface area (Å²) < 4.78 is 54.4. The van der Waals surface area contributed by atoms with Crippen LogP contribution in [0.4, 0.5) is 17.6 Å². The Morgan fingerprint density at radius 1 is 0.667 bits per heavy atom. The van der Waals surface area contributed by atoms with Crippen molar-refractivity contribution >= 4 is 51.1 Å². The lowest BCUT2D eigenvalue weighted by molar-refractivity contribution is -0.121. The quantitative estimate of drug-likeness (QED) is 0.0553. The van der Waals surface area contributed by atoms with Gasteiger partial charge in [-0.15, -0.1) is 22.7 Å². The Morgan fingerprint density at radius 2 is 1.06 bits per heavy atom. The highest BCUT2D eigenvalue weighted by Crippen LogP contribution is 2.42.